The summed E-state index contributed by atoms with van der Waals surface area (Å²) in [6.07, 6.45) is -2.43. The van der Waals surface area contributed by atoms with Crippen molar-refractivity contribution in [3.8, 4) is 0 Å². The summed E-state index contributed by atoms with van der Waals surface area (Å²) in [5.74, 6) is -0.578. The number of rotatable bonds is 8. The summed E-state index contributed by atoms with van der Waals surface area (Å²) in [6.45, 7) is 5.14. The molecule has 0 amide bonds. The highest BCUT2D eigenvalue weighted by atomic mass is 32.2. The number of carbonyl (C=O) groups is 2. The number of thioether (sulfide) groups is 1. The molecule has 0 unspecified atom stereocenters. The molecule has 14 nitrogen and oxygen atoms in total. The number of H-pyrrole nitrogens is 1. The minimum Gasteiger partial charge on any atom is -0.465 e. The number of halogens is 1. The number of ether oxygens (including phenoxy) is 2. The average Bonchev–Trinajstić information content (AvgIpc) is 3.33. The lowest BCUT2D eigenvalue weighted by molar-refractivity contribution is -0.145. The second-order valence-electron chi connectivity index (χ2n) is 9.36. The lowest BCUT2D eigenvalue weighted by atomic mass is 9.97. The van der Waals surface area contributed by atoms with Crippen molar-refractivity contribution in [2.75, 3.05) is 31.3 Å². The monoisotopic (exact) mass is 563 g/mol. The van der Waals surface area contributed by atoms with Crippen LogP contribution in [0.2, 0.25) is 0 Å². The maximum Gasteiger partial charge on any atom is 0.475 e. The first-order valence-corrected chi connectivity index (χ1v) is 13.6. The number of carbonyl (C=O) groups excluding carboxylic acids is 2. The van der Waals surface area contributed by atoms with Gasteiger partial charge in [-0.15, -0.1) is 0 Å². The Morgan fingerprint density at radius 1 is 1.46 bits per heavy atom. The molecule has 0 spiro atoms. The van der Waals surface area contributed by atoms with E-state index in [0.29, 0.717) is 0 Å². The quantitative estimate of drug-likeness (QED) is 0.269. The van der Waals surface area contributed by atoms with Gasteiger partial charge in [-0.3, -0.25) is 37.5 Å². The lowest BCUT2D eigenvalue weighted by Crippen LogP contribution is -2.44. The van der Waals surface area contributed by atoms with E-state index in [0.717, 1.165) is 11.8 Å². The molecule has 0 aromatic carbocycles. The number of fused-ring (bicyclic) bond motifs is 2. The van der Waals surface area contributed by atoms with Crippen LogP contribution in [0.25, 0.3) is 11.2 Å². The standard InChI is InChI=1S/C20H27FN5O9PS/c1-10(27)31-8-19(2,3)17(29)37-6-5-32-36(30)33-7-11-13(35-36)20(4,21)16(34-11)26-9-23-12-14(26)24-18(22)25-15(12)28/h9,11,13,16H,5-8H2,1-4H3,(H3,22,24,25,28)/t11-,13-,16-,20-,36+/m1/s1. The highest BCUT2D eigenvalue weighted by Gasteiger charge is 2.61. The van der Waals surface area contributed by atoms with Gasteiger partial charge in [0.1, 0.15) is 18.8 Å². The molecule has 2 saturated heterocycles. The van der Waals surface area contributed by atoms with Gasteiger partial charge < -0.3 is 15.2 Å². The van der Waals surface area contributed by atoms with Gasteiger partial charge in [0.05, 0.1) is 25.0 Å². The molecule has 0 bridgehead atoms. The molecular weight excluding hydrogens is 536 g/mol. The zero-order chi connectivity index (χ0) is 27.2. The van der Waals surface area contributed by atoms with Gasteiger partial charge in [-0.1, -0.05) is 11.8 Å². The van der Waals surface area contributed by atoms with Crippen LogP contribution in [0.15, 0.2) is 11.1 Å². The molecule has 2 aliphatic rings. The number of aromatic nitrogens is 4. The molecule has 37 heavy (non-hydrogen) atoms. The van der Waals surface area contributed by atoms with E-state index >= 15 is 4.39 Å². The van der Waals surface area contributed by atoms with Crippen LogP contribution in [0, 0.1) is 5.41 Å². The number of hydrogen-bond donors (Lipinski definition) is 2. The van der Waals surface area contributed by atoms with E-state index in [1.54, 1.807) is 13.8 Å². The Balaban J connectivity index is 1.39. The van der Waals surface area contributed by atoms with Crippen molar-refractivity contribution in [1.29, 1.82) is 0 Å². The van der Waals surface area contributed by atoms with Gasteiger partial charge in [-0.05, 0) is 20.8 Å². The van der Waals surface area contributed by atoms with Crippen LogP contribution < -0.4 is 11.3 Å². The van der Waals surface area contributed by atoms with Gasteiger partial charge in [0.15, 0.2) is 28.2 Å². The first kappa shape index (κ1) is 27.7. The molecule has 17 heteroatoms. The smallest absolute Gasteiger partial charge is 0.465 e. The lowest BCUT2D eigenvalue weighted by Gasteiger charge is -2.33. The Morgan fingerprint density at radius 3 is 2.89 bits per heavy atom. The van der Waals surface area contributed by atoms with Crippen LogP contribution in [0.4, 0.5) is 10.3 Å². The van der Waals surface area contributed by atoms with Crippen molar-refractivity contribution >= 4 is 47.8 Å². The van der Waals surface area contributed by atoms with Gasteiger partial charge >= 0.3 is 13.8 Å². The number of esters is 1. The van der Waals surface area contributed by atoms with E-state index in [-0.39, 0.29) is 47.8 Å². The van der Waals surface area contributed by atoms with Crippen LogP contribution in [0.5, 0.6) is 0 Å². The maximum atomic E-state index is 16.0. The summed E-state index contributed by atoms with van der Waals surface area (Å²) in [5.41, 5.74) is 1.78. The van der Waals surface area contributed by atoms with E-state index < -0.39 is 48.9 Å². The van der Waals surface area contributed by atoms with Crippen molar-refractivity contribution in [2.45, 2.75) is 51.8 Å². The van der Waals surface area contributed by atoms with Crippen molar-refractivity contribution in [1.82, 2.24) is 19.5 Å². The Morgan fingerprint density at radius 2 is 2.19 bits per heavy atom. The maximum absolute atomic E-state index is 16.0. The third-order valence-corrected chi connectivity index (χ3v) is 8.41. The zero-order valence-corrected chi connectivity index (χ0v) is 22.2. The normalized spacial score (nSPS) is 29.8. The van der Waals surface area contributed by atoms with Crippen LogP contribution >= 0.6 is 19.6 Å². The predicted molar refractivity (Wildman–Crippen MR) is 128 cm³/mol. The molecular formula is C20H27FN5O9PS. The molecule has 204 valence electrons. The summed E-state index contributed by atoms with van der Waals surface area (Å²) in [7, 11) is -4.19. The third-order valence-electron chi connectivity index (χ3n) is 5.78. The topological polar surface area (TPSA) is 187 Å². The third kappa shape index (κ3) is 5.59. The molecule has 4 heterocycles. The van der Waals surface area contributed by atoms with Crippen LogP contribution in [0.1, 0.15) is 33.9 Å². The predicted octanol–water partition coefficient (Wildman–Crippen LogP) is 1.72. The van der Waals surface area contributed by atoms with Gasteiger partial charge in [0.2, 0.25) is 5.95 Å². The number of phosphoric ester groups is 1. The fourth-order valence-electron chi connectivity index (χ4n) is 3.85. The number of anilines is 1. The fourth-order valence-corrected chi connectivity index (χ4v) is 6.23. The largest absolute Gasteiger partial charge is 0.475 e. The molecule has 0 radical (unpaired) electrons. The fraction of sp³-hybridized carbons (Fsp3) is 0.650. The van der Waals surface area contributed by atoms with E-state index in [2.05, 4.69) is 15.0 Å². The van der Waals surface area contributed by atoms with E-state index in [4.69, 9.17) is 28.8 Å². The molecule has 3 N–H and O–H groups in total. The summed E-state index contributed by atoms with van der Waals surface area (Å²) in [5, 5.41) is -0.259. The van der Waals surface area contributed by atoms with Crippen molar-refractivity contribution in [3.05, 3.63) is 16.7 Å². The van der Waals surface area contributed by atoms with Crippen molar-refractivity contribution < 1.29 is 41.6 Å². The number of nitrogens with zero attached hydrogens (tertiary/aromatic N) is 3. The average molecular weight is 564 g/mol. The highest BCUT2D eigenvalue weighted by Crippen LogP contribution is 2.59. The van der Waals surface area contributed by atoms with Crippen LogP contribution in [0.3, 0.4) is 0 Å². The second kappa shape index (κ2) is 10.1. The number of phosphoric acid groups is 1. The molecule has 5 atom stereocenters. The van der Waals surface area contributed by atoms with E-state index in [9.17, 15) is 18.9 Å². The molecule has 2 aliphatic heterocycles. The van der Waals surface area contributed by atoms with E-state index in [1.807, 2.05) is 0 Å². The SMILES string of the molecule is CC(=O)OCC(C)(C)C(=O)SCCO[P@@]1(=O)OC[C@H]2O[C@@H](n3cnc4c(=O)[nH]c(N)nc43)[C@](C)(F)[C@@H]2O1. The molecule has 2 fully saturated rings. The number of nitrogens with one attached hydrogen (secondary N) is 1. The molecule has 4 rings (SSSR count). The van der Waals surface area contributed by atoms with Gasteiger partial charge in [-0.25, -0.2) is 13.9 Å². The Labute approximate surface area is 214 Å². The second-order valence-corrected chi connectivity index (χ2v) is 12.0. The van der Waals surface area contributed by atoms with Gasteiger partial charge in [0.25, 0.3) is 5.56 Å². The summed E-state index contributed by atoms with van der Waals surface area (Å²) in [4.78, 5) is 45.8. The minimum atomic E-state index is -4.19. The van der Waals surface area contributed by atoms with E-state index in [1.165, 1.54) is 24.7 Å². The van der Waals surface area contributed by atoms with Crippen LogP contribution in [-0.2, 0) is 37.2 Å². The minimum absolute atomic E-state index is 0.00689. The van der Waals surface area contributed by atoms with Gasteiger partial charge in [0, 0.05) is 12.7 Å². The number of nitrogens with two attached hydrogens (primary N) is 1. The molecule has 2 aromatic rings. The first-order valence-electron chi connectivity index (χ1n) is 11.2. The van der Waals surface area contributed by atoms with Crippen LogP contribution in [-0.4, -0.2) is 74.1 Å². The Bertz CT molecular complexity index is 1310. The number of hydrogen-bond acceptors (Lipinski definition) is 13. The summed E-state index contributed by atoms with van der Waals surface area (Å²) >= 11 is 0.902. The van der Waals surface area contributed by atoms with Crippen molar-refractivity contribution in [3.63, 3.8) is 0 Å². The number of aromatic amines is 1. The van der Waals surface area contributed by atoms with Crippen molar-refractivity contribution in [2.24, 2.45) is 5.41 Å². The molecule has 0 aliphatic carbocycles. The summed E-state index contributed by atoms with van der Waals surface area (Å²) in [6, 6.07) is 0. The number of nitrogen functional groups attached to an aromatic ring is 1. The van der Waals surface area contributed by atoms with Gasteiger partial charge in [-0.2, -0.15) is 4.98 Å². The highest BCUT2D eigenvalue weighted by molar-refractivity contribution is 8.13. The zero-order valence-electron chi connectivity index (χ0n) is 20.5. The Kier molecular flexibility index (Phi) is 7.53. The molecule has 0 saturated carbocycles. The number of imidazole rings is 1. The Hall–Kier alpha value is -2.36. The first-order chi connectivity index (χ1) is 17.2. The summed E-state index contributed by atoms with van der Waals surface area (Å²) < 4.78 is 57.0. The molecule has 2 aromatic heterocycles. The number of alkyl halides is 1.